The number of aromatic nitrogens is 4. The molecule has 4 aliphatic rings. The molecular weight excluding hydrogens is 1090 g/mol. The van der Waals surface area contributed by atoms with E-state index in [-0.39, 0.29) is 50.0 Å². The molecule has 22 heteroatoms. The minimum absolute atomic E-state index is 0.156. The van der Waals surface area contributed by atoms with Crippen molar-refractivity contribution in [3.05, 3.63) is 176 Å². The maximum atomic E-state index is 15.2. The predicted molar refractivity (Wildman–Crippen MR) is 303 cm³/mol. The monoisotopic (exact) mass is 1140 g/mol. The molecule has 418 valence electrons. The van der Waals surface area contributed by atoms with E-state index in [1.165, 1.54) is 36.4 Å². The van der Waals surface area contributed by atoms with Gasteiger partial charge >= 0.3 is 12.2 Å². The van der Waals surface area contributed by atoms with E-state index < -0.39 is 47.1 Å². The first-order valence-corrected chi connectivity index (χ1v) is 27.2. The first-order valence-electron chi connectivity index (χ1n) is 26.5. The maximum Gasteiger partial charge on any atom is 0.413 e. The molecule has 2 unspecified atom stereocenters. The summed E-state index contributed by atoms with van der Waals surface area (Å²) < 4.78 is 41.2. The van der Waals surface area contributed by atoms with E-state index >= 15 is 8.78 Å². The van der Waals surface area contributed by atoms with Gasteiger partial charge in [0.25, 0.3) is 11.8 Å². The zero-order valence-electron chi connectivity index (χ0n) is 44.0. The molecule has 2 aromatic heterocycles. The Balaban J connectivity index is 0.000000170. The number of rotatable bonds is 11. The Morgan fingerprint density at radius 2 is 1.05 bits per heavy atom. The Morgan fingerprint density at radius 1 is 0.617 bits per heavy atom. The lowest BCUT2D eigenvalue weighted by Gasteiger charge is -2.35. The van der Waals surface area contributed by atoms with Crippen molar-refractivity contribution in [3.63, 3.8) is 0 Å². The summed E-state index contributed by atoms with van der Waals surface area (Å²) in [5.41, 5.74) is -0.743. The number of piperidine rings is 2. The zero-order valence-corrected chi connectivity index (χ0v) is 45.5. The van der Waals surface area contributed by atoms with Gasteiger partial charge in [-0.2, -0.15) is 0 Å². The fourth-order valence-electron chi connectivity index (χ4n) is 11.1. The van der Waals surface area contributed by atoms with Crippen molar-refractivity contribution < 1.29 is 47.6 Å². The number of imidazole rings is 2. The smallest absolute Gasteiger partial charge is 0.413 e. The Hall–Kier alpha value is -7.98. The summed E-state index contributed by atoms with van der Waals surface area (Å²) in [6.07, 6.45) is 3.72. The lowest BCUT2D eigenvalue weighted by atomic mass is 9.93. The molecule has 6 N–H and O–H groups in total. The van der Waals surface area contributed by atoms with Gasteiger partial charge in [-0.1, -0.05) is 83.9 Å². The van der Waals surface area contributed by atoms with Crippen LogP contribution in [0.25, 0.3) is 22.1 Å². The van der Waals surface area contributed by atoms with Gasteiger partial charge < -0.3 is 39.5 Å². The number of hydrogen-bond donors (Lipinski definition) is 6. The van der Waals surface area contributed by atoms with Gasteiger partial charge in [-0.15, -0.1) is 0 Å². The van der Waals surface area contributed by atoms with Gasteiger partial charge in [0.05, 0.1) is 56.7 Å². The van der Waals surface area contributed by atoms with Gasteiger partial charge in [0, 0.05) is 33.4 Å². The summed E-state index contributed by atoms with van der Waals surface area (Å²) in [7, 11) is 4.18. The van der Waals surface area contributed by atoms with Crippen LogP contribution in [0.2, 0.25) is 10.0 Å². The predicted octanol–water partition coefficient (Wildman–Crippen LogP) is 10.6. The van der Waals surface area contributed by atoms with Crippen molar-refractivity contribution in [3.8, 4) is 0 Å². The van der Waals surface area contributed by atoms with Crippen molar-refractivity contribution in [1.82, 2.24) is 29.7 Å². The minimum atomic E-state index is -2.04. The number of benzene rings is 6. The van der Waals surface area contributed by atoms with Crippen LogP contribution in [0.3, 0.4) is 0 Å². The Bertz CT molecular complexity index is 3740. The summed E-state index contributed by atoms with van der Waals surface area (Å²) in [5.74, 6) is -1.57. The van der Waals surface area contributed by atoms with Crippen molar-refractivity contribution in [1.29, 1.82) is 0 Å². The Kier molecular flexibility index (Phi) is 15.3. The fraction of sp³-hybridized carbons (Fsp3) is 0.288. The van der Waals surface area contributed by atoms with Gasteiger partial charge in [-0.3, -0.25) is 30.0 Å². The first-order chi connectivity index (χ1) is 39.0. The quantitative estimate of drug-likeness (QED) is 0.0712. The fourth-order valence-corrected chi connectivity index (χ4v) is 11.5. The molecule has 0 radical (unpaired) electrons. The van der Waals surface area contributed by atoms with E-state index in [0.29, 0.717) is 63.8 Å². The molecule has 8 aromatic rings. The highest BCUT2D eigenvalue weighted by atomic mass is 35.5. The largest absolute Gasteiger partial charge is 0.449 e. The second-order valence-corrected chi connectivity index (χ2v) is 21.6. The molecule has 0 aliphatic carbocycles. The minimum Gasteiger partial charge on any atom is -0.449 e. The molecule has 18 nitrogen and oxygen atoms in total. The van der Waals surface area contributed by atoms with E-state index in [9.17, 15) is 29.4 Å². The number of aliphatic hydroxyl groups is 2. The highest BCUT2D eigenvalue weighted by Gasteiger charge is 2.53. The summed E-state index contributed by atoms with van der Waals surface area (Å²) in [4.78, 5) is 73.3. The molecule has 2 saturated heterocycles. The summed E-state index contributed by atoms with van der Waals surface area (Å²) >= 11 is 12.1. The van der Waals surface area contributed by atoms with Gasteiger partial charge in [-0.05, 0) is 145 Å². The highest BCUT2D eigenvalue weighted by molar-refractivity contribution is 6.31. The number of amides is 4. The molecule has 6 aromatic carbocycles. The van der Waals surface area contributed by atoms with Crippen LogP contribution >= 0.6 is 23.2 Å². The normalized spacial score (nSPS) is 19.6. The number of nitrogens with one attached hydrogen (secondary N) is 4. The second kappa shape index (κ2) is 22.5. The van der Waals surface area contributed by atoms with Crippen LogP contribution < -0.4 is 20.4 Å². The van der Waals surface area contributed by atoms with E-state index in [2.05, 4.69) is 54.5 Å². The number of carbonyl (C=O) groups is 4. The number of hydrogen-bond acceptors (Lipinski definition) is 12. The van der Waals surface area contributed by atoms with Gasteiger partial charge in [0.2, 0.25) is 11.9 Å². The van der Waals surface area contributed by atoms with Crippen molar-refractivity contribution >= 4 is 92.5 Å². The lowest BCUT2D eigenvalue weighted by molar-refractivity contribution is 0.0689. The zero-order chi connectivity index (χ0) is 56.7. The van der Waals surface area contributed by atoms with E-state index in [1.54, 1.807) is 84.9 Å². The van der Waals surface area contributed by atoms with Crippen molar-refractivity contribution in [2.75, 3.05) is 73.9 Å². The number of anilines is 4. The molecule has 4 amide bonds. The summed E-state index contributed by atoms with van der Waals surface area (Å²) in [5, 5.41) is 29.3. The molecule has 0 spiro atoms. The van der Waals surface area contributed by atoms with Crippen LogP contribution in [0.15, 0.2) is 121 Å². The van der Waals surface area contributed by atoms with Crippen molar-refractivity contribution in [2.45, 2.75) is 43.6 Å². The molecule has 0 saturated carbocycles. The molecule has 12 rings (SSSR count). The Morgan fingerprint density at radius 3 is 1.52 bits per heavy atom. The number of likely N-dealkylation sites (tertiary alicyclic amines) is 2. The number of nitrogens with zero attached hydrogens (tertiary/aromatic N) is 6. The van der Waals surface area contributed by atoms with Crippen LogP contribution in [0, 0.1) is 23.5 Å². The van der Waals surface area contributed by atoms with Gasteiger partial charge in [0.1, 0.15) is 0 Å². The van der Waals surface area contributed by atoms with Crippen LogP contribution in [-0.2, 0) is 20.9 Å². The van der Waals surface area contributed by atoms with Crippen LogP contribution in [0.5, 0.6) is 0 Å². The SMILES string of the molecule is CN1CCC(CCOC(=O)Nc2nc3ccc(C4(O)c5ccccc5C(=O)N4c4cccc(Cl)c4F)cc3[nH]2)CC1.CN1CCC(COC(=O)Nc2nc3ccc(C4(O)c5ccccc5C(=O)N4c4cccc(Cl)c4F)cc3[nH]2)CC1. The molecule has 6 heterocycles. The van der Waals surface area contributed by atoms with Gasteiger partial charge in [0.15, 0.2) is 23.1 Å². The Labute approximate surface area is 473 Å². The third kappa shape index (κ3) is 10.5. The average Bonchev–Trinajstić information content (AvgIpc) is 2.66. The maximum absolute atomic E-state index is 15.2. The number of halogens is 4. The van der Waals surface area contributed by atoms with Crippen LogP contribution in [0.1, 0.15) is 75.1 Å². The number of ether oxygens (including phenoxy) is 2. The molecular formula is C59H56Cl2F2N10O8. The second-order valence-electron chi connectivity index (χ2n) is 20.8. The third-order valence-corrected chi connectivity index (χ3v) is 16.1. The number of H-pyrrole nitrogens is 2. The average molecular weight is 1140 g/mol. The first kappa shape index (κ1) is 55.0. The van der Waals surface area contributed by atoms with Crippen LogP contribution in [-0.4, -0.2) is 117 Å². The molecule has 2 fully saturated rings. The standard InChI is InChI=1S/C30H29ClFN5O4.C29H27ClFN5O4/c1-36-14-11-18(12-15-36)13-16-41-29(39)35-28-33-23-10-9-19(17-24(23)34-28)30(40)21-6-3-2-5-20(21)27(38)37(30)25-8-4-7-22(31)26(25)32;1-35-13-11-17(12-14-35)16-40-28(38)34-27-32-22-10-9-18(15-23(22)33-27)29(39)20-6-3-2-5-19(20)26(37)36(29)24-8-4-7-21(30)25(24)31/h2-10,17-18,40H,11-16H2,1H3,(H2,33,34,35,39);2-10,15,17,39H,11-14,16H2,1H3,(H2,32,33,34,38). The van der Waals surface area contributed by atoms with Gasteiger partial charge in [-0.25, -0.2) is 28.3 Å². The molecule has 2 atom stereocenters. The summed E-state index contributed by atoms with van der Waals surface area (Å²) in [6.45, 7) is 4.72. The topological polar surface area (TPSA) is 222 Å². The van der Waals surface area contributed by atoms with Crippen molar-refractivity contribution in [2.24, 2.45) is 11.8 Å². The number of fused-ring (bicyclic) bond motifs is 4. The molecule has 0 bridgehead atoms. The molecule has 4 aliphatic heterocycles. The van der Waals surface area contributed by atoms with E-state index in [0.717, 1.165) is 68.1 Å². The van der Waals surface area contributed by atoms with E-state index in [1.807, 2.05) is 0 Å². The third-order valence-electron chi connectivity index (χ3n) is 15.6. The lowest BCUT2D eigenvalue weighted by Crippen LogP contribution is -2.45. The number of carbonyl (C=O) groups excluding carboxylic acids is 4. The molecule has 81 heavy (non-hydrogen) atoms. The number of aromatic amines is 2. The highest BCUT2D eigenvalue weighted by Crippen LogP contribution is 2.48. The van der Waals surface area contributed by atoms with E-state index in [4.69, 9.17) is 32.7 Å². The summed E-state index contributed by atoms with van der Waals surface area (Å²) in [6, 6.07) is 31.5. The van der Waals surface area contributed by atoms with Crippen LogP contribution in [0.4, 0.5) is 41.6 Å².